The van der Waals surface area contributed by atoms with Crippen LogP contribution in [-0.2, 0) is 47.2 Å². The summed E-state index contributed by atoms with van der Waals surface area (Å²) in [5, 5.41) is 7.05. The Hall–Kier alpha value is -4.08. The number of para-hydroxylation sites is 1. The molecule has 2 aliphatic rings. The number of carbonyl (C=O) groups is 3. The number of anilines is 1. The van der Waals surface area contributed by atoms with Crippen LogP contribution in [0.1, 0.15) is 80.0 Å². The maximum absolute atomic E-state index is 14.6. The van der Waals surface area contributed by atoms with Crippen LogP contribution >= 0.6 is 7.75 Å². The molecule has 1 aromatic carbocycles. The number of nitrogens with one attached hydrogen (secondary N) is 1. The molecule has 3 aromatic rings. The third-order valence-corrected chi connectivity index (χ3v) is 10.4. The molecule has 53 heavy (non-hydrogen) atoms. The molecule has 0 spiro atoms. The van der Waals surface area contributed by atoms with Crippen LogP contribution in [0, 0.1) is 10.8 Å². The van der Waals surface area contributed by atoms with Gasteiger partial charge in [-0.25, -0.2) is 14.1 Å². The number of hydrogen-bond acceptors (Lipinski definition) is 14. The Kier molecular flexibility index (Phi) is 11.9. The van der Waals surface area contributed by atoms with Crippen LogP contribution in [0.15, 0.2) is 48.8 Å². The number of aromatic nitrogens is 3. The Morgan fingerprint density at radius 1 is 1.00 bits per heavy atom. The first-order valence-electron chi connectivity index (χ1n) is 17.5. The number of fused-ring (bicyclic) bond motifs is 1. The molecule has 0 aliphatic carbocycles. The predicted octanol–water partition coefficient (Wildman–Crippen LogP) is 4.96. The van der Waals surface area contributed by atoms with Crippen molar-refractivity contribution in [3.05, 3.63) is 54.5 Å². The number of nitrogen functional groups attached to an aromatic ring is 1. The fraction of sp³-hybridized carbons (Fsp3) is 0.583. The fourth-order valence-electron chi connectivity index (χ4n) is 5.64. The van der Waals surface area contributed by atoms with Gasteiger partial charge in [0.15, 0.2) is 18.0 Å². The summed E-state index contributed by atoms with van der Waals surface area (Å²) in [6, 6.07) is 10.5. The average Bonchev–Trinajstić information content (AvgIpc) is 3.63. The molecule has 0 unspecified atom stereocenters. The molecular weight excluding hydrogens is 709 g/mol. The second kappa shape index (κ2) is 15.7. The Morgan fingerprint density at radius 3 is 2.28 bits per heavy atom. The molecule has 0 radical (unpaired) electrons. The minimum atomic E-state index is -4.44. The Labute approximate surface area is 308 Å². The van der Waals surface area contributed by atoms with Crippen molar-refractivity contribution in [2.45, 2.75) is 104 Å². The third-order valence-electron chi connectivity index (χ3n) is 8.75. The van der Waals surface area contributed by atoms with Crippen LogP contribution in [0.4, 0.5) is 5.82 Å². The van der Waals surface area contributed by atoms with Crippen molar-refractivity contribution in [1.29, 1.82) is 0 Å². The Morgan fingerprint density at radius 2 is 1.64 bits per heavy atom. The highest BCUT2D eigenvalue weighted by atomic mass is 31.2. The molecule has 17 heteroatoms. The first-order valence-corrected chi connectivity index (χ1v) is 19.1. The summed E-state index contributed by atoms with van der Waals surface area (Å²) in [4.78, 5) is 44.3. The van der Waals surface area contributed by atoms with Crippen molar-refractivity contribution in [2.24, 2.45) is 10.8 Å². The molecule has 0 amide bonds. The Bertz CT molecular complexity index is 1820. The molecule has 16 nitrogen and oxygen atoms in total. The number of hydrogen-bond donors (Lipinski definition) is 2. The van der Waals surface area contributed by atoms with Gasteiger partial charge in [0.05, 0.1) is 36.3 Å². The maximum atomic E-state index is 14.6. The van der Waals surface area contributed by atoms with Crippen molar-refractivity contribution in [3.63, 3.8) is 0 Å². The van der Waals surface area contributed by atoms with Gasteiger partial charge in [0.25, 0.3) is 0 Å². The maximum Gasteiger partial charge on any atom is 0.459 e. The van der Waals surface area contributed by atoms with Gasteiger partial charge in [-0.3, -0.25) is 18.9 Å². The van der Waals surface area contributed by atoms with Gasteiger partial charge in [0.2, 0.25) is 0 Å². The SMILES string of the molecule is C[C@H](N[P@](=O)(OC[C@@]1(C)O[C@@H](c2ccc3c(N)ncnn23)[C@H](OC(=O)C(C)(C)C)[C@@H]1OC(=O)C(C)(C)C)Oc1ccccc1)C(=O)OC1CCOCC1. The van der Waals surface area contributed by atoms with E-state index in [1.54, 1.807) is 90.9 Å². The van der Waals surface area contributed by atoms with Crippen LogP contribution in [0.3, 0.4) is 0 Å². The normalized spacial score (nSPS) is 24.3. The lowest BCUT2D eigenvalue weighted by atomic mass is 9.93. The summed E-state index contributed by atoms with van der Waals surface area (Å²) in [7, 11) is -4.44. The minimum Gasteiger partial charge on any atom is -0.461 e. The van der Waals surface area contributed by atoms with Crippen molar-refractivity contribution < 1.29 is 51.7 Å². The molecule has 2 saturated heterocycles. The molecule has 290 valence electrons. The van der Waals surface area contributed by atoms with Gasteiger partial charge in [-0.05, 0) is 79.7 Å². The summed E-state index contributed by atoms with van der Waals surface area (Å²) in [5.41, 5.74) is 3.44. The number of nitrogens with two attached hydrogens (primary N) is 1. The zero-order valence-corrected chi connectivity index (χ0v) is 32.3. The largest absolute Gasteiger partial charge is 0.461 e. The van der Waals surface area contributed by atoms with Gasteiger partial charge in [-0.1, -0.05) is 18.2 Å². The molecule has 4 heterocycles. The summed E-state index contributed by atoms with van der Waals surface area (Å²) >= 11 is 0. The van der Waals surface area contributed by atoms with Gasteiger partial charge in [0, 0.05) is 12.8 Å². The zero-order valence-electron chi connectivity index (χ0n) is 31.4. The fourth-order valence-corrected chi connectivity index (χ4v) is 7.23. The number of esters is 3. The van der Waals surface area contributed by atoms with Crippen LogP contribution < -0.4 is 15.3 Å². The highest BCUT2D eigenvalue weighted by molar-refractivity contribution is 7.52. The number of benzene rings is 1. The van der Waals surface area contributed by atoms with Crippen molar-refractivity contribution in [3.8, 4) is 5.75 Å². The smallest absolute Gasteiger partial charge is 0.459 e. The monoisotopic (exact) mass is 759 g/mol. The van der Waals surface area contributed by atoms with E-state index in [1.807, 2.05) is 0 Å². The Balaban J connectivity index is 1.51. The van der Waals surface area contributed by atoms with E-state index in [0.717, 1.165) is 0 Å². The number of nitrogens with zero attached hydrogens (tertiary/aromatic N) is 3. The molecule has 2 aliphatic heterocycles. The zero-order chi connectivity index (χ0) is 38.8. The lowest BCUT2D eigenvalue weighted by molar-refractivity contribution is -0.181. The summed E-state index contributed by atoms with van der Waals surface area (Å²) in [6.07, 6.45) is -1.66. The van der Waals surface area contributed by atoms with E-state index in [1.165, 1.54) is 17.8 Å². The topological polar surface area (TPSA) is 201 Å². The lowest BCUT2D eigenvalue weighted by Gasteiger charge is -2.34. The van der Waals surface area contributed by atoms with Gasteiger partial charge in [0.1, 0.15) is 41.4 Å². The highest BCUT2D eigenvalue weighted by Gasteiger charge is 2.60. The minimum absolute atomic E-state index is 0.188. The second-order valence-electron chi connectivity index (χ2n) is 15.5. The van der Waals surface area contributed by atoms with Gasteiger partial charge in [-0.15, -0.1) is 0 Å². The molecule has 2 fully saturated rings. The van der Waals surface area contributed by atoms with Crippen molar-refractivity contribution in [2.75, 3.05) is 25.6 Å². The van der Waals surface area contributed by atoms with Crippen LogP contribution in [-0.4, -0.2) is 82.3 Å². The van der Waals surface area contributed by atoms with Crippen LogP contribution in [0.2, 0.25) is 0 Å². The van der Waals surface area contributed by atoms with Gasteiger partial charge in [-0.2, -0.15) is 10.2 Å². The second-order valence-corrected chi connectivity index (χ2v) is 17.2. The number of rotatable bonds is 12. The molecular formula is C36H50N5O11P. The van der Waals surface area contributed by atoms with Gasteiger partial charge < -0.3 is 33.9 Å². The van der Waals surface area contributed by atoms with Crippen molar-refractivity contribution in [1.82, 2.24) is 19.7 Å². The van der Waals surface area contributed by atoms with Crippen LogP contribution in [0.5, 0.6) is 5.75 Å². The molecule has 0 saturated carbocycles. The van der Waals surface area contributed by atoms with E-state index in [2.05, 4.69) is 15.2 Å². The quantitative estimate of drug-likeness (QED) is 0.142. The van der Waals surface area contributed by atoms with E-state index in [-0.39, 0.29) is 17.7 Å². The number of carbonyl (C=O) groups excluding carboxylic acids is 3. The summed E-state index contributed by atoms with van der Waals surface area (Å²) in [6.45, 7) is 13.6. The average molecular weight is 760 g/mol. The van der Waals surface area contributed by atoms with E-state index < -0.39 is 73.0 Å². The van der Waals surface area contributed by atoms with E-state index in [9.17, 15) is 18.9 Å². The first-order chi connectivity index (χ1) is 24.8. The summed E-state index contributed by atoms with van der Waals surface area (Å²) in [5.74, 6) is -1.48. The standard InChI is InChI=1S/C36H50N5O11P/c1-22(31(42)48-23-16-18-46-19-17-23)40-53(45,52-24-12-10-9-11-13-24)47-20-36(8)29(50-33(44)35(5,6)7)28(49-32(43)34(2,3)4)27(51-36)25-14-15-26-30(37)38-21-39-41(25)26/h9-15,21-23,27-29H,16-20H2,1-8H3,(H,40,45)(H2,37,38,39)/t22-,27-,28-,29-,36+,53-/m0/s1. The van der Waals surface area contributed by atoms with Gasteiger partial charge >= 0.3 is 25.7 Å². The highest BCUT2D eigenvalue weighted by Crippen LogP contribution is 2.50. The summed E-state index contributed by atoms with van der Waals surface area (Å²) < 4.78 is 58.1. The molecule has 0 bridgehead atoms. The van der Waals surface area contributed by atoms with Crippen LogP contribution in [0.25, 0.3) is 5.52 Å². The number of ether oxygens (including phenoxy) is 5. The predicted molar refractivity (Wildman–Crippen MR) is 191 cm³/mol. The van der Waals surface area contributed by atoms with Crippen molar-refractivity contribution >= 4 is 37.0 Å². The molecule has 2 aromatic heterocycles. The van der Waals surface area contributed by atoms with E-state index in [0.29, 0.717) is 37.3 Å². The lowest BCUT2D eigenvalue weighted by Crippen LogP contribution is -2.50. The molecule has 5 rings (SSSR count). The molecule has 3 N–H and O–H groups in total. The third kappa shape index (κ3) is 9.54. The van der Waals surface area contributed by atoms with E-state index >= 15 is 0 Å². The molecule has 6 atom stereocenters. The first kappa shape index (κ1) is 40.1. The van der Waals surface area contributed by atoms with E-state index in [4.69, 9.17) is 38.5 Å².